The lowest BCUT2D eigenvalue weighted by Gasteiger charge is -2.07. The number of hydrogen-bond donors (Lipinski definition) is 1. The highest BCUT2D eigenvalue weighted by Crippen LogP contribution is 2.25. The summed E-state index contributed by atoms with van der Waals surface area (Å²) < 4.78 is 6.43. The third-order valence-electron chi connectivity index (χ3n) is 1.92. The van der Waals surface area contributed by atoms with E-state index in [0.29, 0.717) is 0 Å². The molecule has 1 rings (SSSR count). The largest absolute Gasteiger partial charge is 0.492 e. The van der Waals surface area contributed by atoms with Crippen LogP contribution in [-0.2, 0) is 0 Å². The van der Waals surface area contributed by atoms with Gasteiger partial charge in [0, 0.05) is 0 Å². The Morgan fingerprint density at radius 3 is 2.93 bits per heavy atom. The molecule has 0 bridgehead atoms. The van der Waals surface area contributed by atoms with E-state index in [4.69, 9.17) is 9.94 Å². The van der Waals surface area contributed by atoms with Crippen molar-refractivity contribution in [2.24, 2.45) is 5.16 Å². The van der Waals surface area contributed by atoms with Crippen molar-refractivity contribution in [3.8, 4) is 5.75 Å². The number of ether oxygens (including phenoxy) is 1. The number of unbranched alkanes of at least 4 members (excludes halogenated alkanes) is 1. The SMILES string of the molecule is CCCCOc1ccc(C=NO)cc1Br. The van der Waals surface area contributed by atoms with Gasteiger partial charge < -0.3 is 9.94 Å². The van der Waals surface area contributed by atoms with Crippen molar-refractivity contribution in [2.75, 3.05) is 6.61 Å². The molecule has 0 unspecified atom stereocenters. The van der Waals surface area contributed by atoms with E-state index in [1.165, 1.54) is 6.21 Å². The Labute approximate surface area is 97.9 Å². The second-order valence-electron chi connectivity index (χ2n) is 3.14. The monoisotopic (exact) mass is 271 g/mol. The van der Waals surface area contributed by atoms with Gasteiger partial charge in [0.1, 0.15) is 5.75 Å². The predicted octanol–water partition coefficient (Wildman–Crippen LogP) is 3.44. The summed E-state index contributed by atoms with van der Waals surface area (Å²) in [5.74, 6) is 0.818. The molecule has 0 amide bonds. The van der Waals surface area contributed by atoms with Crippen LogP contribution in [0.15, 0.2) is 27.8 Å². The van der Waals surface area contributed by atoms with E-state index in [-0.39, 0.29) is 0 Å². The molecular formula is C11H14BrNO2. The second kappa shape index (κ2) is 6.45. The molecule has 0 spiro atoms. The Morgan fingerprint density at radius 2 is 2.33 bits per heavy atom. The lowest BCUT2D eigenvalue weighted by molar-refractivity contribution is 0.307. The smallest absolute Gasteiger partial charge is 0.133 e. The van der Waals surface area contributed by atoms with E-state index >= 15 is 0 Å². The predicted molar refractivity (Wildman–Crippen MR) is 63.9 cm³/mol. The van der Waals surface area contributed by atoms with Gasteiger partial charge in [0.2, 0.25) is 0 Å². The van der Waals surface area contributed by atoms with Crippen LogP contribution in [0.25, 0.3) is 0 Å². The quantitative estimate of drug-likeness (QED) is 0.386. The van der Waals surface area contributed by atoms with Crippen LogP contribution in [-0.4, -0.2) is 18.0 Å². The summed E-state index contributed by atoms with van der Waals surface area (Å²) in [6, 6.07) is 5.55. The number of halogens is 1. The topological polar surface area (TPSA) is 41.8 Å². The first-order valence-corrected chi connectivity index (χ1v) is 5.67. The van der Waals surface area contributed by atoms with Gasteiger partial charge in [-0.25, -0.2) is 0 Å². The summed E-state index contributed by atoms with van der Waals surface area (Å²) in [4.78, 5) is 0. The highest BCUT2D eigenvalue weighted by atomic mass is 79.9. The maximum absolute atomic E-state index is 8.38. The molecule has 1 N–H and O–H groups in total. The minimum absolute atomic E-state index is 0.725. The maximum atomic E-state index is 8.38. The van der Waals surface area contributed by atoms with E-state index in [2.05, 4.69) is 28.0 Å². The summed E-state index contributed by atoms with van der Waals surface area (Å²) in [7, 11) is 0. The number of benzene rings is 1. The first-order valence-electron chi connectivity index (χ1n) is 4.87. The minimum atomic E-state index is 0.725. The van der Waals surface area contributed by atoms with Gasteiger partial charge in [0.25, 0.3) is 0 Å². The van der Waals surface area contributed by atoms with Gasteiger partial charge in [-0.05, 0) is 46.1 Å². The van der Waals surface area contributed by atoms with E-state index in [1.807, 2.05) is 18.2 Å². The molecule has 0 fully saturated rings. The molecule has 0 aliphatic rings. The van der Waals surface area contributed by atoms with Gasteiger partial charge in [-0.3, -0.25) is 0 Å². The lowest BCUT2D eigenvalue weighted by atomic mass is 10.2. The summed E-state index contributed by atoms with van der Waals surface area (Å²) in [6.07, 6.45) is 3.54. The molecule has 4 heteroatoms. The zero-order valence-corrected chi connectivity index (χ0v) is 10.2. The van der Waals surface area contributed by atoms with E-state index in [9.17, 15) is 0 Å². The second-order valence-corrected chi connectivity index (χ2v) is 3.99. The van der Waals surface area contributed by atoms with Crippen LogP contribution < -0.4 is 4.74 Å². The van der Waals surface area contributed by atoms with Gasteiger partial charge in [-0.1, -0.05) is 18.5 Å². The lowest BCUT2D eigenvalue weighted by Crippen LogP contribution is -1.97. The third-order valence-corrected chi connectivity index (χ3v) is 2.54. The van der Waals surface area contributed by atoms with Gasteiger partial charge in [0.15, 0.2) is 0 Å². The summed E-state index contributed by atoms with van der Waals surface area (Å²) in [5.41, 5.74) is 0.826. The van der Waals surface area contributed by atoms with Crippen molar-refractivity contribution in [1.82, 2.24) is 0 Å². The Hall–Kier alpha value is -1.03. The molecule has 0 aliphatic heterocycles. The fourth-order valence-corrected chi connectivity index (χ4v) is 1.62. The van der Waals surface area contributed by atoms with Crippen LogP contribution in [0, 0.1) is 0 Å². The number of nitrogens with zero attached hydrogens (tertiary/aromatic N) is 1. The zero-order valence-electron chi connectivity index (χ0n) is 8.61. The first kappa shape index (κ1) is 12.0. The molecule has 0 atom stereocenters. The van der Waals surface area contributed by atoms with Gasteiger partial charge in [-0.15, -0.1) is 0 Å². The fourth-order valence-electron chi connectivity index (χ4n) is 1.11. The summed E-state index contributed by atoms with van der Waals surface area (Å²) in [6.45, 7) is 2.85. The van der Waals surface area contributed by atoms with Gasteiger partial charge >= 0.3 is 0 Å². The van der Waals surface area contributed by atoms with Crippen molar-refractivity contribution < 1.29 is 9.94 Å². The summed E-state index contributed by atoms with van der Waals surface area (Å²) >= 11 is 3.40. The Bertz CT molecular complexity index is 339. The van der Waals surface area contributed by atoms with Crippen molar-refractivity contribution in [3.05, 3.63) is 28.2 Å². The van der Waals surface area contributed by atoms with Crippen LogP contribution in [0.2, 0.25) is 0 Å². The highest BCUT2D eigenvalue weighted by Gasteiger charge is 2.01. The Balaban J connectivity index is 2.66. The van der Waals surface area contributed by atoms with Crippen LogP contribution >= 0.6 is 15.9 Å². The highest BCUT2D eigenvalue weighted by molar-refractivity contribution is 9.10. The maximum Gasteiger partial charge on any atom is 0.133 e. The molecule has 0 aliphatic carbocycles. The standard InChI is InChI=1S/C11H14BrNO2/c1-2-3-6-15-11-5-4-9(8-13-14)7-10(11)12/h4-5,7-8,14H,2-3,6H2,1H3. The molecule has 1 aromatic carbocycles. The van der Waals surface area contributed by atoms with Gasteiger partial charge in [0.05, 0.1) is 17.3 Å². The number of rotatable bonds is 5. The minimum Gasteiger partial charge on any atom is -0.492 e. The molecule has 0 radical (unpaired) electrons. The average Bonchev–Trinajstić information content (AvgIpc) is 2.22. The normalized spacial score (nSPS) is 10.8. The van der Waals surface area contributed by atoms with Crippen LogP contribution in [0.4, 0.5) is 0 Å². The molecule has 1 aromatic rings. The average molecular weight is 272 g/mol. The molecule has 82 valence electrons. The molecule has 0 aromatic heterocycles. The van der Waals surface area contributed by atoms with Crippen LogP contribution in [0.5, 0.6) is 5.75 Å². The molecule has 0 saturated heterocycles. The Kier molecular flexibility index (Phi) is 5.18. The summed E-state index contributed by atoms with van der Waals surface area (Å²) in [5, 5.41) is 11.3. The van der Waals surface area contributed by atoms with E-state index < -0.39 is 0 Å². The number of oxime groups is 1. The van der Waals surface area contributed by atoms with Crippen molar-refractivity contribution >= 4 is 22.1 Å². The van der Waals surface area contributed by atoms with Crippen molar-refractivity contribution in [3.63, 3.8) is 0 Å². The third kappa shape index (κ3) is 3.91. The van der Waals surface area contributed by atoms with Crippen molar-refractivity contribution in [1.29, 1.82) is 0 Å². The molecule has 3 nitrogen and oxygen atoms in total. The fraction of sp³-hybridized carbons (Fsp3) is 0.364. The number of hydrogen-bond acceptors (Lipinski definition) is 3. The zero-order chi connectivity index (χ0) is 11.1. The molecule has 15 heavy (non-hydrogen) atoms. The van der Waals surface area contributed by atoms with E-state index in [0.717, 1.165) is 35.2 Å². The van der Waals surface area contributed by atoms with Crippen LogP contribution in [0.3, 0.4) is 0 Å². The van der Waals surface area contributed by atoms with Crippen LogP contribution in [0.1, 0.15) is 25.3 Å². The molecular weight excluding hydrogens is 258 g/mol. The first-order chi connectivity index (χ1) is 7.27. The van der Waals surface area contributed by atoms with Gasteiger partial charge in [-0.2, -0.15) is 0 Å². The van der Waals surface area contributed by atoms with E-state index in [1.54, 1.807) is 0 Å². The molecule has 0 saturated carbocycles. The van der Waals surface area contributed by atoms with Crippen molar-refractivity contribution in [2.45, 2.75) is 19.8 Å². The Morgan fingerprint density at radius 1 is 1.53 bits per heavy atom. The molecule has 0 heterocycles.